The fourth-order valence-corrected chi connectivity index (χ4v) is 2.68. The molecule has 0 atom stereocenters. The van der Waals surface area contributed by atoms with Crippen molar-refractivity contribution in [1.82, 2.24) is 14.5 Å². The van der Waals surface area contributed by atoms with Crippen LogP contribution in [0.3, 0.4) is 0 Å². The lowest BCUT2D eigenvalue weighted by atomic mass is 10.1. The molecule has 0 aliphatic rings. The van der Waals surface area contributed by atoms with Gasteiger partial charge in [-0.05, 0) is 50.5 Å². The van der Waals surface area contributed by atoms with Crippen LogP contribution in [-0.4, -0.2) is 34.8 Å². The first kappa shape index (κ1) is 17.8. The molecule has 0 aliphatic heterocycles. The number of aldehydes is 1. The maximum atomic E-state index is 13.9. The number of hydrogen-bond donors (Lipinski definition) is 0. The summed E-state index contributed by atoms with van der Waals surface area (Å²) in [6.45, 7) is 0.749. The molecule has 1 heterocycles. The predicted octanol–water partition coefficient (Wildman–Crippen LogP) is 3.89. The Bertz CT molecular complexity index is 917. The quantitative estimate of drug-likeness (QED) is 0.631. The lowest BCUT2D eigenvalue weighted by Crippen LogP contribution is -2.14. The van der Waals surface area contributed by atoms with Gasteiger partial charge in [-0.15, -0.1) is 0 Å². The molecular formula is C20H20FN3O2. The van der Waals surface area contributed by atoms with Crippen molar-refractivity contribution in [3.63, 3.8) is 0 Å². The second-order valence-electron chi connectivity index (χ2n) is 6.26. The van der Waals surface area contributed by atoms with Gasteiger partial charge in [0.1, 0.15) is 11.6 Å². The normalized spacial score (nSPS) is 11.0. The fraction of sp³-hybridized carbons (Fsp3) is 0.200. The number of carbonyl (C=O) groups is 1. The van der Waals surface area contributed by atoms with Crippen molar-refractivity contribution in [3.05, 3.63) is 65.9 Å². The van der Waals surface area contributed by atoms with Crippen LogP contribution in [0.25, 0.3) is 11.3 Å². The molecule has 0 saturated carbocycles. The molecule has 0 spiro atoms. The summed E-state index contributed by atoms with van der Waals surface area (Å²) in [6.07, 6.45) is 2.41. The molecule has 1 aromatic heterocycles. The van der Waals surface area contributed by atoms with Gasteiger partial charge in [0.2, 0.25) is 0 Å². The monoisotopic (exact) mass is 353 g/mol. The third kappa shape index (κ3) is 3.65. The van der Waals surface area contributed by atoms with Gasteiger partial charge >= 0.3 is 0 Å². The van der Waals surface area contributed by atoms with Crippen LogP contribution in [0.15, 0.2) is 48.7 Å². The summed E-state index contributed by atoms with van der Waals surface area (Å²) < 4.78 is 21.5. The van der Waals surface area contributed by atoms with Crippen LogP contribution in [0, 0.1) is 5.82 Å². The molecule has 0 saturated heterocycles. The van der Waals surface area contributed by atoms with Gasteiger partial charge in [-0.25, -0.2) is 9.37 Å². The maximum absolute atomic E-state index is 13.9. The highest BCUT2D eigenvalue weighted by Crippen LogP contribution is 2.29. The zero-order chi connectivity index (χ0) is 18.7. The minimum absolute atomic E-state index is 0.0657. The van der Waals surface area contributed by atoms with Gasteiger partial charge in [0, 0.05) is 12.6 Å². The Kier molecular flexibility index (Phi) is 5.14. The Morgan fingerprint density at radius 1 is 1.19 bits per heavy atom. The van der Waals surface area contributed by atoms with Gasteiger partial charge in [0.05, 0.1) is 24.0 Å². The zero-order valence-corrected chi connectivity index (χ0v) is 14.9. The Hall–Kier alpha value is -2.99. The van der Waals surface area contributed by atoms with Crippen LogP contribution in [0.5, 0.6) is 11.5 Å². The van der Waals surface area contributed by atoms with Gasteiger partial charge in [0.25, 0.3) is 0 Å². The zero-order valence-electron chi connectivity index (χ0n) is 14.9. The SMILES string of the molecule is CN(C)Cc1ncc(-c2ccc(Oc3c(F)cccc3C=O)cc2)n1C. The molecule has 3 rings (SSSR count). The largest absolute Gasteiger partial charge is 0.454 e. The number of nitrogens with zero attached hydrogens (tertiary/aromatic N) is 3. The second-order valence-corrected chi connectivity index (χ2v) is 6.26. The highest BCUT2D eigenvalue weighted by atomic mass is 19.1. The number of benzene rings is 2. The molecule has 0 fully saturated rings. The Labute approximate surface area is 151 Å². The maximum Gasteiger partial charge on any atom is 0.173 e. The van der Waals surface area contributed by atoms with Crippen molar-refractivity contribution in [1.29, 1.82) is 0 Å². The van der Waals surface area contributed by atoms with Crippen molar-refractivity contribution >= 4 is 6.29 Å². The van der Waals surface area contributed by atoms with Crippen molar-refractivity contribution in [3.8, 4) is 22.8 Å². The highest BCUT2D eigenvalue weighted by Gasteiger charge is 2.12. The molecule has 134 valence electrons. The van der Waals surface area contributed by atoms with E-state index in [2.05, 4.69) is 9.88 Å². The third-order valence-electron chi connectivity index (χ3n) is 4.04. The molecule has 6 heteroatoms. The van der Waals surface area contributed by atoms with Crippen molar-refractivity contribution < 1.29 is 13.9 Å². The first-order valence-corrected chi connectivity index (χ1v) is 8.17. The Balaban J connectivity index is 1.84. The molecule has 2 aromatic carbocycles. The van der Waals surface area contributed by atoms with Crippen LogP contribution >= 0.6 is 0 Å². The fourth-order valence-electron chi connectivity index (χ4n) is 2.68. The Morgan fingerprint density at radius 3 is 2.58 bits per heavy atom. The van der Waals surface area contributed by atoms with Crippen LogP contribution < -0.4 is 4.74 Å². The van der Waals surface area contributed by atoms with Gasteiger partial charge in [-0.1, -0.05) is 6.07 Å². The summed E-state index contributed by atoms with van der Waals surface area (Å²) in [5.74, 6) is 0.785. The topological polar surface area (TPSA) is 47.4 Å². The van der Waals surface area contributed by atoms with E-state index in [1.807, 2.05) is 44.0 Å². The van der Waals surface area contributed by atoms with Gasteiger partial charge in [0.15, 0.2) is 17.9 Å². The number of para-hydroxylation sites is 1. The number of hydrogen-bond acceptors (Lipinski definition) is 4. The molecule has 26 heavy (non-hydrogen) atoms. The first-order valence-electron chi connectivity index (χ1n) is 8.17. The van der Waals surface area contributed by atoms with Crippen LogP contribution in [0.1, 0.15) is 16.2 Å². The molecule has 0 bridgehead atoms. The minimum atomic E-state index is -0.571. The first-order chi connectivity index (χ1) is 12.5. The average molecular weight is 353 g/mol. The summed E-state index contributed by atoms with van der Waals surface area (Å²) in [4.78, 5) is 17.6. The molecule has 0 unspecified atom stereocenters. The van der Waals surface area contributed by atoms with E-state index < -0.39 is 5.82 Å². The second kappa shape index (κ2) is 7.49. The average Bonchev–Trinajstić information content (AvgIpc) is 2.97. The van der Waals surface area contributed by atoms with E-state index in [-0.39, 0.29) is 11.3 Å². The van der Waals surface area contributed by atoms with E-state index in [0.717, 1.165) is 23.6 Å². The van der Waals surface area contributed by atoms with Crippen LogP contribution in [0.2, 0.25) is 0 Å². The molecule has 0 amide bonds. The summed E-state index contributed by atoms with van der Waals surface area (Å²) in [7, 11) is 5.97. The standard InChI is InChI=1S/C20H20FN3O2/c1-23(2)12-19-22-11-18(24(19)3)14-7-9-16(10-8-14)26-20-15(13-25)5-4-6-17(20)21/h4-11,13H,12H2,1-3H3. The van der Waals surface area contributed by atoms with E-state index in [1.165, 1.54) is 18.2 Å². The van der Waals surface area contributed by atoms with Gasteiger partial charge < -0.3 is 14.2 Å². The van der Waals surface area contributed by atoms with E-state index >= 15 is 0 Å². The summed E-state index contributed by atoms with van der Waals surface area (Å²) >= 11 is 0. The van der Waals surface area contributed by atoms with Crippen molar-refractivity contribution in [2.75, 3.05) is 14.1 Å². The van der Waals surface area contributed by atoms with Crippen LogP contribution in [0.4, 0.5) is 4.39 Å². The summed E-state index contributed by atoms with van der Waals surface area (Å²) in [5.41, 5.74) is 2.13. The molecule has 0 aliphatic carbocycles. The molecule has 3 aromatic rings. The smallest absolute Gasteiger partial charge is 0.173 e. The number of halogens is 1. The van der Waals surface area contributed by atoms with E-state index in [4.69, 9.17) is 4.74 Å². The third-order valence-corrected chi connectivity index (χ3v) is 4.04. The number of aromatic nitrogens is 2. The predicted molar refractivity (Wildman–Crippen MR) is 97.9 cm³/mol. The Morgan fingerprint density at radius 2 is 1.92 bits per heavy atom. The number of rotatable bonds is 6. The van der Waals surface area contributed by atoms with Gasteiger partial charge in [-0.3, -0.25) is 4.79 Å². The lowest BCUT2D eigenvalue weighted by Gasteiger charge is -2.11. The highest BCUT2D eigenvalue weighted by molar-refractivity contribution is 5.79. The van der Waals surface area contributed by atoms with E-state index in [0.29, 0.717) is 12.0 Å². The van der Waals surface area contributed by atoms with Crippen molar-refractivity contribution in [2.24, 2.45) is 7.05 Å². The molecule has 5 nitrogen and oxygen atoms in total. The molecular weight excluding hydrogens is 333 g/mol. The van der Waals surface area contributed by atoms with Crippen LogP contribution in [-0.2, 0) is 13.6 Å². The van der Waals surface area contributed by atoms with E-state index in [9.17, 15) is 9.18 Å². The summed E-state index contributed by atoms with van der Waals surface area (Å²) in [6, 6.07) is 11.5. The number of ether oxygens (including phenoxy) is 1. The summed E-state index contributed by atoms with van der Waals surface area (Å²) in [5, 5.41) is 0. The van der Waals surface area contributed by atoms with E-state index in [1.54, 1.807) is 12.1 Å². The lowest BCUT2D eigenvalue weighted by molar-refractivity contribution is 0.112. The number of imidazole rings is 1. The van der Waals surface area contributed by atoms with Gasteiger partial charge in [-0.2, -0.15) is 0 Å². The number of carbonyl (C=O) groups excluding carboxylic acids is 1. The molecule has 0 N–H and O–H groups in total. The minimum Gasteiger partial charge on any atom is -0.454 e. The molecule has 0 radical (unpaired) electrons. The van der Waals surface area contributed by atoms with Crippen molar-refractivity contribution in [2.45, 2.75) is 6.54 Å².